The summed E-state index contributed by atoms with van der Waals surface area (Å²) in [6, 6.07) is 28.8. The average Bonchev–Trinajstić information content (AvgIpc) is 3.36. The first-order valence-corrected chi connectivity index (χ1v) is 15.7. The van der Waals surface area contributed by atoms with Gasteiger partial charge < -0.3 is 9.47 Å². The lowest BCUT2D eigenvalue weighted by Crippen LogP contribution is -2.57. The number of carbonyl (C=O) groups is 4. The van der Waals surface area contributed by atoms with Crippen molar-refractivity contribution in [1.29, 1.82) is 0 Å². The number of imide groups is 1. The summed E-state index contributed by atoms with van der Waals surface area (Å²) >= 11 is 15.2. The zero-order chi connectivity index (χ0) is 32.4. The number of likely N-dealkylation sites (tertiary alicyclic amines) is 1. The first-order chi connectivity index (χ1) is 22.1. The van der Waals surface area contributed by atoms with Crippen molar-refractivity contribution in [1.82, 2.24) is 4.90 Å². The number of Topliss-reactive ketones (excluding diaryl/α,β-unsaturated/α-hetero) is 1. The molecular weight excluding hydrogens is 625 g/mol. The van der Waals surface area contributed by atoms with Crippen molar-refractivity contribution in [3.63, 3.8) is 0 Å². The Morgan fingerprint density at radius 3 is 1.65 bits per heavy atom. The van der Waals surface area contributed by atoms with Crippen LogP contribution in [0.2, 0.25) is 0 Å². The molecule has 1 saturated heterocycles. The third-order valence-electron chi connectivity index (χ3n) is 9.51. The predicted octanol–water partition coefficient (Wildman–Crippen LogP) is 6.01. The van der Waals surface area contributed by atoms with Gasteiger partial charge in [-0.05, 0) is 59.0 Å². The summed E-state index contributed by atoms with van der Waals surface area (Å²) in [6.45, 7) is 1.46. The van der Waals surface area contributed by atoms with E-state index < -0.39 is 57.3 Å². The maximum absolute atomic E-state index is 14.6. The standard InChI is InChI=1S/C37H29Cl2NO6/c1-21(32(41)23-16-18-24(45-2)19-17-23)46-35(44)29(20-22-10-4-3-5-11-22)40-33(42)30-31(34(40)43)37(39)26-13-7-6-12-25(26)36(30,38)27-14-8-9-15-28(27)37/h3-19,21,29-31H,20H2,1-2H3/t21-,29-,30-,31-,36?,37?/m0/s1. The second-order valence-corrected chi connectivity index (χ2v) is 13.1. The molecule has 46 heavy (non-hydrogen) atoms. The lowest BCUT2D eigenvalue weighted by Gasteiger charge is -2.54. The molecule has 0 spiro atoms. The van der Waals surface area contributed by atoms with Gasteiger partial charge in [-0.3, -0.25) is 19.3 Å². The van der Waals surface area contributed by atoms with Gasteiger partial charge in [0, 0.05) is 12.0 Å². The fraction of sp³-hybridized carbons (Fsp3) is 0.243. The number of ether oxygens (including phenoxy) is 2. The highest BCUT2D eigenvalue weighted by atomic mass is 35.5. The number of amides is 2. The molecule has 8 rings (SSSR count). The molecule has 9 heteroatoms. The van der Waals surface area contributed by atoms with Crippen molar-refractivity contribution < 1.29 is 28.7 Å². The van der Waals surface area contributed by atoms with Crippen molar-refractivity contribution >= 4 is 46.8 Å². The van der Waals surface area contributed by atoms with Gasteiger partial charge in [0.05, 0.1) is 18.9 Å². The molecule has 1 aliphatic heterocycles. The minimum absolute atomic E-state index is 0.0233. The molecule has 232 valence electrons. The summed E-state index contributed by atoms with van der Waals surface area (Å²) < 4.78 is 10.9. The Balaban J connectivity index is 1.28. The molecule has 1 fully saturated rings. The molecule has 0 unspecified atom stereocenters. The van der Waals surface area contributed by atoms with E-state index in [0.29, 0.717) is 39.1 Å². The maximum Gasteiger partial charge on any atom is 0.330 e. The Kier molecular flexibility index (Phi) is 7.29. The van der Waals surface area contributed by atoms with Crippen LogP contribution in [-0.2, 0) is 35.3 Å². The molecule has 0 saturated carbocycles. The van der Waals surface area contributed by atoms with Gasteiger partial charge in [0.25, 0.3) is 0 Å². The Morgan fingerprint density at radius 1 is 0.739 bits per heavy atom. The van der Waals surface area contributed by atoms with E-state index in [0.717, 1.165) is 4.90 Å². The number of rotatable bonds is 8. The normalized spacial score (nSPS) is 25.3. The van der Waals surface area contributed by atoms with Crippen molar-refractivity contribution in [3.8, 4) is 5.75 Å². The summed E-state index contributed by atoms with van der Waals surface area (Å²) in [5.74, 6) is -4.11. The summed E-state index contributed by atoms with van der Waals surface area (Å²) in [5.41, 5.74) is 3.67. The van der Waals surface area contributed by atoms with E-state index in [2.05, 4.69) is 0 Å². The molecule has 7 nitrogen and oxygen atoms in total. The smallest absolute Gasteiger partial charge is 0.330 e. The Labute approximate surface area is 276 Å². The van der Waals surface area contributed by atoms with Gasteiger partial charge >= 0.3 is 5.97 Å². The van der Waals surface area contributed by atoms with Crippen LogP contribution in [0, 0.1) is 11.8 Å². The molecule has 4 aliphatic rings. The van der Waals surface area contributed by atoms with E-state index in [1.807, 2.05) is 54.6 Å². The zero-order valence-corrected chi connectivity index (χ0v) is 26.5. The molecule has 0 radical (unpaired) electrons. The van der Waals surface area contributed by atoms with Gasteiger partial charge in [-0.25, -0.2) is 4.79 Å². The molecule has 2 amide bonds. The zero-order valence-electron chi connectivity index (χ0n) is 25.0. The molecule has 0 aromatic heterocycles. The minimum Gasteiger partial charge on any atom is -0.497 e. The second-order valence-electron chi connectivity index (χ2n) is 11.9. The van der Waals surface area contributed by atoms with Gasteiger partial charge in [0.1, 0.15) is 21.5 Å². The van der Waals surface area contributed by atoms with Crippen molar-refractivity contribution in [2.24, 2.45) is 11.8 Å². The monoisotopic (exact) mass is 653 g/mol. The molecule has 4 aromatic carbocycles. The highest BCUT2D eigenvalue weighted by Gasteiger charge is 2.73. The van der Waals surface area contributed by atoms with Gasteiger partial charge in [-0.1, -0.05) is 78.9 Å². The van der Waals surface area contributed by atoms with Gasteiger partial charge in [-0.15, -0.1) is 23.2 Å². The number of benzene rings is 4. The van der Waals surface area contributed by atoms with Crippen LogP contribution in [0.25, 0.3) is 0 Å². The number of halogens is 2. The third-order valence-corrected chi connectivity index (χ3v) is 10.8. The van der Waals surface area contributed by atoms with Gasteiger partial charge in [-0.2, -0.15) is 0 Å². The maximum atomic E-state index is 14.6. The van der Waals surface area contributed by atoms with E-state index >= 15 is 0 Å². The Morgan fingerprint density at radius 2 is 1.20 bits per heavy atom. The fourth-order valence-corrected chi connectivity index (χ4v) is 8.51. The number of nitrogens with zero attached hydrogens (tertiary/aromatic N) is 1. The quantitative estimate of drug-likeness (QED) is 0.100. The third kappa shape index (κ3) is 4.25. The average molecular weight is 655 g/mol. The van der Waals surface area contributed by atoms with Crippen molar-refractivity contribution in [2.75, 3.05) is 7.11 Å². The van der Waals surface area contributed by atoms with Crippen molar-refractivity contribution in [3.05, 3.63) is 137 Å². The minimum atomic E-state index is -1.39. The highest BCUT2D eigenvalue weighted by Crippen LogP contribution is 2.69. The first kappa shape index (κ1) is 30.2. The van der Waals surface area contributed by atoms with Crippen LogP contribution >= 0.6 is 23.2 Å². The number of hydrogen-bond acceptors (Lipinski definition) is 6. The molecule has 4 atom stereocenters. The lowest BCUT2D eigenvalue weighted by atomic mass is 9.54. The van der Waals surface area contributed by atoms with Gasteiger partial charge in [0.15, 0.2) is 6.10 Å². The Hall–Kier alpha value is -4.46. The number of hydrogen-bond donors (Lipinski definition) is 0. The first-order valence-electron chi connectivity index (χ1n) is 15.0. The largest absolute Gasteiger partial charge is 0.497 e. The van der Waals surface area contributed by atoms with Crippen LogP contribution < -0.4 is 4.74 Å². The van der Waals surface area contributed by atoms with E-state index in [1.165, 1.54) is 14.0 Å². The molecular formula is C37H29Cl2NO6. The number of carbonyl (C=O) groups excluding carboxylic acids is 4. The van der Waals surface area contributed by atoms with E-state index in [1.54, 1.807) is 48.5 Å². The summed E-state index contributed by atoms with van der Waals surface area (Å²) in [7, 11) is 1.52. The number of ketones is 1. The fourth-order valence-electron chi connectivity index (χ4n) is 7.41. The highest BCUT2D eigenvalue weighted by molar-refractivity contribution is 6.36. The molecule has 1 heterocycles. The van der Waals surface area contributed by atoms with E-state index in [9.17, 15) is 19.2 Å². The predicted molar refractivity (Wildman–Crippen MR) is 172 cm³/mol. The number of alkyl halides is 2. The van der Waals surface area contributed by atoms with E-state index in [4.69, 9.17) is 32.7 Å². The second kappa shape index (κ2) is 11.1. The van der Waals surface area contributed by atoms with Crippen LogP contribution in [0.15, 0.2) is 103 Å². The van der Waals surface area contributed by atoms with Gasteiger partial charge in [0.2, 0.25) is 17.6 Å². The van der Waals surface area contributed by atoms with Crippen molar-refractivity contribution in [2.45, 2.75) is 35.2 Å². The molecule has 0 N–H and O–H groups in total. The molecule has 3 aliphatic carbocycles. The van der Waals surface area contributed by atoms with E-state index in [-0.39, 0.29) is 6.42 Å². The van der Waals surface area contributed by atoms with Crippen LogP contribution in [0.5, 0.6) is 5.75 Å². The topological polar surface area (TPSA) is 90.0 Å². The molecule has 2 bridgehead atoms. The number of esters is 1. The molecule has 4 aromatic rings. The van der Waals surface area contributed by atoms with Crippen LogP contribution in [0.1, 0.15) is 45.1 Å². The van der Waals surface area contributed by atoms with Crippen LogP contribution in [-0.4, -0.2) is 47.7 Å². The van der Waals surface area contributed by atoms with Crippen LogP contribution in [0.3, 0.4) is 0 Å². The SMILES string of the molecule is COc1ccc(C(=O)[C@H](C)OC(=O)[C@H](Cc2ccccc2)N2C(=O)[C@@H]3[C@@H](C2=O)C2(Cl)c4ccccc4C3(Cl)c3ccccc32)cc1. The Bertz CT molecular complexity index is 1770. The lowest BCUT2D eigenvalue weighted by molar-refractivity contribution is -0.160. The number of methoxy groups -OCH3 is 1. The summed E-state index contributed by atoms with van der Waals surface area (Å²) in [4.78, 5) is 54.7. The van der Waals surface area contributed by atoms with Crippen LogP contribution in [0.4, 0.5) is 0 Å². The summed E-state index contributed by atoms with van der Waals surface area (Å²) in [5, 5.41) is 0. The summed E-state index contributed by atoms with van der Waals surface area (Å²) in [6.07, 6.45) is -1.22.